The number of hydrogen-bond acceptors (Lipinski definition) is 4. The smallest absolute Gasteiger partial charge is 0.326 e. The van der Waals surface area contributed by atoms with Gasteiger partial charge in [0.15, 0.2) is 0 Å². The summed E-state index contributed by atoms with van der Waals surface area (Å²) < 4.78 is 63.9. The second kappa shape index (κ2) is 11.0. The molecule has 0 aliphatic carbocycles. The van der Waals surface area contributed by atoms with Gasteiger partial charge in [-0.25, -0.2) is 0 Å². The van der Waals surface area contributed by atoms with E-state index in [1.54, 1.807) is 6.92 Å². The van der Waals surface area contributed by atoms with E-state index in [2.05, 4.69) is 24.4 Å². The third kappa shape index (κ3) is 10.7. The van der Waals surface area contributed by atoms with Crippen LogP contribution >= 0.6 is 0 Å². The molecule has 0 fully saturated rings. The number of aryl methyl sites for hydroxylation is 1. The molecule has 29 heavy (non-hydrogen) atoms. The fourth-order valence-electron chi connectivity index (χ4n) is 2.19. The molecule has 160 valence electrons. The molecule has 0 spiro atoms. The van der Waals surface area contributed by atoms with E-state index in [1.807, 2.05) is 18.2 Å². The minimum absolute atomic E-state index is 0.187. The number of rotatable bonds is 6. The number of alkyl halides is 3. The van der Waals surface area contributed by atoms with Crippen LogP contribution in [0.15, 0.2) is 54.6 Å². The minimum atomic E-state index is -4.45. The topological polar surface area (TPSA) is 72.5 Å². The highest BCUT2D eigenvalue weighted by atomic mass is 32.2. The molecule has 0 heterocycles. The van der Waals surface area contributed by atoms with Gasteiger partial charge in [0.1, 0.15) is 0 Å². The number of amides is 1. The number of halogens is 3. The van der Waals surface area contributed by atoms with E-state index in [0.29, 0.717) is 6.42 Å². The molecule has 2 aromatic carbocycles. The van der Waals surface area contributed by atoms with Crippen molar-refractivity contribution in [3.05, 3.63) is 65.7 Å². The standard InChI is InChI=1S/C13H16F3NO4S.C7H8/c1-3-11(21-22(2,19)20)8-12(18)17-10-6-4-9(5-7-10)13(14,15)16;1-7-5-3-2-4-6-7/h4-7,11H,3,8H2,1-2H3,(H,17,18);2-6H,1H3/t11-;/m0./s1. The molecular weight excluding hydrogens is 407 g/mol. The number of carbonyl (C=O) groups is 1. The molecule has 0 unspecified atom stereocenters. The van der Waals surface area contributed by atoms with Gasteiger partial charge in [0.2, 0.25) is 5.91 Å². The predicted molar refractivity (Wildman–Crippen MR) is 106 cm³/mol. The van der Waals surface area contributed by atoms with E-state index < -0.39 is 33.9 Å². The third-order valence-electron chi connectivity index (χ3n) is 3.62. The molecule has 1 amide bonds. The number of carbonyl (C=O) groups excluding carboxylic acids is 1. The van der Waals surface area contributed by atoms with E-state index in [-0.39, 0.29) is 12.1 Å². The van der Waals surface area contributed by atoms with Gasteiger partial charge >= 0.3 is 6.18 Å². The monoisotopic (exact) mass is 431 g/mol. The first kappa shape index (κ1) is 24.6. The first-order valence-corrected chi connectivity index (χ1v) is 10.6. The summed E-state index contributed by atoms with van der Waals surface area (Å²) in [5.74, 6) is -0.546. The van der Waals surface area contributed by atoms with Crippen molar-refractivity contribution in [1.82, 2.24) is 0 Å². The SMILES string of the molecule is CC[C@@H](CC(=O)Nc1ccc(C(F)(F)F)cc1)OS(C)(=O)=O.Cc1ccccc1. The van der Waals surface area contributed by atoms with Gasteiger partial charge in [-0.1, -0.05) is 42.8 Å². The Kier molecular flexibility index (Phi) is 9.32. The number of anilines is 1. The fourth-order valence-corrected chi connectivity index (χ4v) is 2.89. The summed E-state index contributed by atoms with van der Waals surface area (Å²) in [7, 11) is -3.68. The second-order valence-corrected chi connectivity index (χ2v) is 7.91. The number of benzene rings is 2. The van der Waals surface area contributed by atoms with Crippen molar-refractivity contribution in [3.63, 3.8) is 0 Å². The Morgan fingerprint density at radius 2 is 1.62 bits per heavy atom. The predicted octanol–water partition coefficient (Wildman–Crippen LogP) is 4.78. The van der Waals surface area contributed by atoms with E-state index in [4.69, 9.17) is 4.18 Å². The molecule has 0 saturated heterocycles. The van der Waals surface area contributed by atoms with Crippen LogP contribution in [0.25, 0.3) is 0 Å². The van der Waals surface area contributed by atoms with Crippen molar-refractivity contribution in [2.75, 3.05) is 11.6 Å². The molecule has 0 radical (unpaired) electrons. The van der Waals surface area contributed by atoms with Crippen molar-refractivity contribution in [2.45, 2.75) is 39.0 Å². The zero-order valence-corrected chi connectivity index (χ0v) is 17.2. The normalized spacial score (nSPS) is 12.5. The van der Waals surface area contributed by atoms with Crippen LogP contribution in [0.2, 0.25) is 0 Å². The molecule has 5 nitrogen and oxygen atoms in total. The Morgan fingerprint density at radius 1 is 1.07 bits per heavy atom. The van der Waals surface area contributed by atoms with Gasteiger partial charge in [0.25, 0.3) is 10.1 Å². The highest BCUT2D eigenvalue weighted by Crippen LogP contribution is 2.29. The van der Waals surface area contributed by atoms with Gasteiger partial charge in [-0.05, 0) is 37.6 Å². The highest BCUT2D eigenvalue weighted by Gasteiger charge is 2.30. The first-order chi connectivity index (χ1) is 13.4. The summed E-state index contributed by atoms with van der Waals surface area (Å²) in [5.41, 5.74) is 0.687. The van der Waals surface area contributed by atoms with Crippen LogP contribution in [0.1, 0.15) is 30.9 Å². The maximum absolute atomic E-state index is 12.4. The van der Waals surface area contributed by atoms with Crippen LogP contribution in [0, 0.1) is 6.92 Å². The summed E-state index contributed by atoms with van der Waals surface area (Å²) in [4.78, 5) is 11.7. The molecule has 0 aliphatic heterocycles. The van der Waals surface area contributed by atoms with Gasteiger partial charge in [-0.3, -0.25) is 8.98 Å². The Labute approximate surface area is 169 Å². The van der Waals surface area contributed by atoms with Crippen LogP contribution in [0.4, 0.5) is 18.9 Å². The number of hydrogen-bond donors (Lipinski definition) is 1. The van der Waals surface area contributed by atoms with Gasteiger partial charge in [-0.15, -0.1) is 0 Å². The van der Waals surface area contributed by atoms with Gasteiger partial charge < -0.3 is 5.32 Å². The van der Waals surface area contributed by atoms with Crippen molar-refractivity contribution < 1.29 is 30.6 Å². The quantitative estimate of drug-likeness (QED) is 0.668. The third-order valence-corrected chi connectivity index (χ3v) is 4.24. The van der Waals surface area contributed by atoms with E-state index in [9.17, 15) is 26.4 Å². The second-order valence-electron chi connectivity index (χ2n) is 6.31. The van der Waals surface area contributed by atoms with Crippen LogP contribution in [-0.2, 0) is 25.3 Å². The lowest BCUT2D eigenvalue weighted by molar-refractivity contribution is -0.137. The molecule has 9 heteroatoms. The van der Waals surface area contributed by atoms with Crippen molar-refractivity contribution in [2.24, 2.45) is 0 Å². The van der Waals surface area contributed by atoms with Gasteiger partial charge in [-0.2, -0.15) is 21.6 Å². The zero-order valence-electron chi connectivity index (χ0n) is 16.4. The lowest BCUT2D eigenvalue weighted by Crippen LogP contribution is -2.24. The summed E-state index contributed by atoms with van der Waals surface area (Å²) in [6.45, 7) is 3.74. The maximum Gasteiger partial charge on any atom is 0.416 e. The lowest BCUT2D eigenvalue weighted by atomic mass is 10.1. The molecule has 0 saturated carbocycles. The van der Waals surface area contributed by atoms with Crippen LogP contribution in [-0.4, -0.2) is 26.7 Å². The Bertz CT molecular complexity index is 867. The molecule has 2 aromatic rings. The van der Waals surface area contributed by atoms with Gasteiger partial charge in [0.05, 0.1) is 24.3 Å². The van der Waals surface area contributed by atoms with Crippen molar-refractivity contribution in [3.8, 4) is 0 Å². The summed E-state index contributed by atoms with van der Waals surface area (Å²) in [5, 5.41) is 2.39. The summed E-state index contributed by atoms with van der Waals surface area (Å²) in [6, 6.07) is 14.2. The highest BCUT2D eigenvalue weighted by molar-refractivity contribution is 7.86. The zero-order chi connectivity index (χ0) is 22.1. The average Bonchev–Trinajstić information content (AvgIpc) is 2.61. The summed E-state index contributed by atoms with van der Waals surface area (Å²) >= 11 is 0. The minimum Gasteiger partial charge on any atom is -0.326 e. The summed E-state index contributed by atoms with van der Waals surface area (Å²) in [6.07, 6.45) is -4.30. The Hall–Kier alpha value is -2.39. The average molecular weight is 431 g/mol. The fraction of sp³-hybridized carbons (Fsp3) is 0.350. The van der Waals surface area contributed by atoms with Gasteiger partial charge in [0, 0.05) is 5.69 Å². The first-order valence-electron chi connectivity index (χ1n) is 8.77. The molecule has 0 aromatic heterocycles. The molecule has 0 aliphatic rings. The maximum atomic E-state index is 12.4. The molecule has 1 atom stereocenters. The van der Waals surface area contributed by atoms with Crippen LogP contribution < -0.4 is 5.32 Å². The molecule has 1 N–H and O–H groups in total. The van der Waals surface area contributed by atoms with Crippen LogP contribution in [0.5, 0.6) is 0 Å². The molecular formula is C20H24F3NO4S. The number of nitrogens with one attached hydrogen (secondary N) is 1. The van der Waals surface area contributed by atoms with E-state index in [0.717, 1.165) is 30.5 Å². The Balaban J connectivity index is 0.000000502. The lowest BCUT2D eigenvalue weighted by Gasteiger charge is -2.14. The van der Waals surface area contributed by atoms with E-state index in [1.165, 1.54) is 5.56 Å². The molecule has 0 bridgehead atoms. The van der Waals surface area contributed by atoms with Crippen LogP contribution in [0.3, 0.4) is 0 Å². The Morgan fingerprint density at radius 3 is 2.00 bits per heavy atom. The largest absolute Gasteiger partial charge is 0.416 e. The van der Waals surface area contributed by atoms with Crippen molar-refractivity contribution in [1.29, 1.82) is 0 Å². The molecule has 2 rings (SSSR count). The van der Waals surface area contributed by atoms with E-state index >= 15 is 0 Å². The van der Waals surface area contributed by atoms with Crippen molar-refractivity contribution >= 4 is 21.7 Å².